The van der Waals surface area contributed by atoms with Crippen LogP contribution < -0.4 is 10.1 Å². The van der Waals surface area contributed by atoms with Crippen molar-refractivity contribution < 1.29 is 9.53 Å². The van der Waals surface area contributed by atoms with E-state index < -0.39 is 0 Å². The first-order valence-electron chi connectivity index (χ1n) is 8.63. The minimum atomic E-state index is -0.195. The Balaban J connectivity index is 1.46. The summed E-state index contributed by atoms with van der Waals surface area (Å²) < 4.78 is 6.75. The molecule has 4 rings (SSSR count). The average molecular weight is 374 g/mol. The molecular weight excluding hydrogens is 356 g/mol. The summed E-state index contributed by atoms with van der Waals surface area (Å²) in [7, 11) is 0. The van der Waals surface area contributed by atoms with Crippen LogP contribution in [-0.4, -0.2) is 17.5 Å². The van der Waals surface area contributed by atoms with Gasteiger partial charge in [-0.25, -0.2) is 4.98 Å². The zero-order chi connectivity index (χ0) is 18.6. The summed E-state index contributed by atoms with van der Waals surface area (Å²) in [6.45, 7) is 1.92. The predicted molar refractivity (Wildman–Crippen MR) is 110 cm³/mol. The van der Waals surface area contributed by atoms with Crippen molar-refractivity contribution in [2.45, 2.75) is 6.92 Å². The van der Waals surface area contributed by atoms with Crippen LogP contribution in [0, 0.1) is 6.92 Å². The number of benzene rings is 3. The number of aromatic nitrogens is 1. The summed E-state index contributed by atoms with van der Waals surface area (Å²) in [4.78, 5) is 16.9. The molecule has 0 saturated carbocycles. The van der Waals surface area contributed by atoms with Crippen molar-refractivity contribution in [2.75, 3.05) is 11.9 Å². The van der Waals surface area contributed by atoms with Crippen LogP contribution in [-0.2, 0) is 4.79 Å². The number of hydrogen-bond acceptors (Lipinski definition) is 4. The van der Waals surface area contributed by atoms with Gasteiger partial charge >= 0.3 is 0 Å². The molecule has 1 heterocycles. The van der Waals surface area contributed by atoms with E-state index in [1.807, 2.05) is 73.7 Å². The van der Waals surface area contributed by atoms with Crippen molar-refractivity contribution >= 4 is 33.1 Å². The van der Waals surface area contributed by atoms with Gasteiger partial charge in [-0.3, -0.25) is 4.79 Å². The molecule has 0 saturated heterocycles. The number of fused-ring (bicyclic) bond motifs is 1. The Morgan fingerprint density at radius 3 is 2.70 bits per heavy atom. The number of amides is 1. The van der Waals surface area contributed by atoms with Crippen molar-refractivity contribution in [3.63, 3.8) is 0 Å². The number of ether oxygens (including phenoxy) is 1. The highest BCUT2D eigenvalue weighted by Gasteiger charge is 2.09. The number of hydrogen-bond donors (Lipinski definition) is 1. The number of carbonyl (C=O) groups is 1. The standard InChI is InChI=1S/C22H18N2O2S/c1-15-7-2-4-11-19(15)26-14-21(25)23-17-9-6-8-16(13-17)22-24-18-10-3-5-12-20(18)27-22/h2-13H,14H2,1H3,(H,23,25). The number of carbonyl (C=O) groups excluding carboxylic acids is 1. The van der Waals surface area contributed by atoms with Crippen LogP contribution in [0.25, 0.3) is 20.8 Å². The van der Waals surface area contributed by atoms with E-state index in [2.05, 4.69) is 16.4 Å². The van der Waals surface area contributed by atoms with Crippen LogP contribution in [0.15, 0.2) is 72.8 Å². The van der Waals surface area contributed by atoms with Gasteiger partial charge in [0.05, 0.1) is 10.2 Å². The maximum Gasteiger partial charge on any atom is 0.262 e. The van der Waals surface area contributed by atoms with E-state index in [0.29, 0.717) is 0 Å². The highest BCUT2D eigenvalue weighted by atomic mass is 32.1. The maximum atomic E-state index is 12.2. The van der Waals surface area contributed by atoms with E-state index >= 15 is 0 Å². The highest BCUT2D eigenvalue weighted by molar-refractivity contribution is 7.21. The van der Waals surface area contributed by atoms with Crippen LogP contribution in [0.2, 0.25) is 0 Å². The molecular formula is C22H18N2O2S. The molecule has 0 bridgehead atoms. The lowest BCUT2D eigenvalue weighted by Gasteiger charge is -2.10. The van der Waals surface area contributed by atoms with Gasteiger partial charge in [0.25, 0.3) is 5.91 Å². The van der Waals surface area contributed by atoms with Crippen LogP contribution in [0.1, 0.15) is 5.56 Å². The van der Waals surface area contributed by atoms with Crippen LogP contribution >= 0.6 is 11.3 Å². The normalized spacial score (nSPS) is 10.7. The van der Waals surface area contributed by atoms with Gasteiger partial charge in [-0.1, -0.05) is 42.5 Å². The van der Waals surface area contributed by atoms with E-state index in [1.165, 1.54) is 0 Å². The summed E-state index contributed by atoms with van der Waals surface area (Å²) in [6.07, 6.45) is 0. The lowest BCUT2D eigenvalue weighted by atomic mass is 10.2. The fourth-order valence-corrected chi connectivity index (χ4v) is 3.75. The molecule has 0 atom stereocenters. The number of aryl methyl sites for hydroxylation is 1. The van der Waals surface area contributed by atoms with E-state index in [4.69, 9.17) is 4.74 Å². The summed E-state index contributed by atoms with van der Waals surface area (Å²) in [5.41, 5.74) is 3.70. The lowest BCUT2D eigenvalue weighted by molar-refractivity contribution is -0.118. The second-order valence-electron chi connectivity index (χ2n) is 6.17. The first-order chi connectivity index (χ1) is 13.2. The van der Waals surface area contributed by atoms with Crippen LogP contribution in [0.3, 0.4) is 0 Å². The molecule has 3 aromatic carbocycles. The quantitative estimate of drug-likeness (QED) is 0.516. The number of anilines is 1. The third-order valence-electron chi connectivity index (χ3n) is 4.14. The minimum Gasteiger partial charge on any atom is -0.483 e. The summed E-state index contributed by atoms with van der Waals surface area (Å²) in [5, 5.41) is 3.82. The molecule has 0 unspecified atom stereocenters. The molecule has 0 aliphatic rings. The van der Waals surface area contributed by atoms with Gasteiger partial charge < -0.3 is 10.1 Å². The third-order valence-corrected chi connectivity index (χ3v) is 5.22. The molecule has 0 spiro atoms. The van der Waals surface area contributed by atoms with Crippen LogP contribution in [0.4, 0.5) is 5.69 Å². The molecule has 4 nitrogen and oxygen atoms in total. The van der Waals surface area contributed by atoms with Gasteiger partial charge in [-0.2, -0.15) is 0 Å². The highest BCUT2D eigenvalue weighted by Crippen LogP contribution is 2.31. The fraction of sp³-hybridized carbons (Fsp3) is 0.0909. The lowest BCUT2D eigenvalue weighted by Crippen LogP contribution is -2.20. The number of para-hydroxylation sites is 2. The zero-order valence-electron chi connectivity index (χ0n) is 14.8. The Hall–Kier alpha value is -3.18. The second-order valence-corrected chi connectivity index (χ2v) is 7.20. The smallest absolute Gasteiger partial charge is 0.262 e. The Morgan fingerprint density at radius 1 is 1.04 bits per heavy atom. The van der Waals surface area contributed by atoms with Gasteiger partial charge in [0, 0.05) is 11.3 Å². The molecule has 0 radical (unpaired) electrons. The summed E-state index contributed by atoms with van der Waals surface area (Å²) in [5.74, 6) is 0.524. The monoisotopic (exact) mass is 374 g/mol. The minimum absolute atomic E-state index is 0.0315. The number of thiazole rings is 1. The first-order valence-corrected chi connectivity index (χ1v) is 9.45. The Kier molecular flexibility index (Phi) is 4.85. The Morgan fingerprint density at radius 2 is 1.85 bits per heavy atom. The van der Waals surface area contributed by atoms with Gasteiger partial charge in [0.2, 0.25) is 0 Å². The van der Waals surface area contributed by atoms with Gasteiger partial charge in [-0.05, 0) is 42.8 Å². The molecule has 27 heavy (non-hydrogen) atoms. The van der Waals surface area contributed by atoms with E-state index in [1.54, 1.807) is 11.3 Å². The Bertz CT molecular complexity index is 1070. The molecule has 0 fully saturated rings. The van der Waals surface area contributed by atoms with Gasteiger partial charge in [0.15, 0.2) is 6.61 Å². The van der Waals surface area contributed by atoms with Crippen molar-refractivity contribution in [2.24, 2.45) is 0 Å². The first kappa shape index (κ1) is 17.2. The largest absolute Gasteiger partial charge is 0.483 e. The SMILES string of the molecule is Cc1ccccc1OCC(=O)Nc1cccc(-c2nc3ccccc3s2)c1. The summed E-state index contributed by atoms with van der Waals surface area (Å²) in [6, 6.07) is 23.4. The van der Waals surface area contributed by atoms with Gasteiger partial charge in [-0.15, -0.1) is 11.3 Å². The molecule has 1 N–H and O–H groups in total. The van der Waals surface area contributed by atoms with E-state index in [0.717, 1.165) is 37.8 Å². The Labute approximate surface area is 161 Å². The molecule has 0 aliphatic carbocycles. The van der Waals surface area contributed by atoms with E-state index in [-0.39, 0.29) is 12.5 Å². The van der Waals surface area contributed by atoms with Crippen LogP contribution in [0.5, 0.6) is 5.75 Å². The zero-order valence-corrected chi connectivity index (χ0v) is 15.6. The molecule has 1 aromatic heterocycles. The molecule has 4 aromatic rings. The molecule has 1 amide bonds. The maximum absolute atomic E-state index is 12.2. The predicted octanol–water partition coefficient (Wildman–Crippen LogP) is 5.29. The molecule has 134 valence electrons. The van der Waals surface area contributed by atoms with E-state index in [9.17, 15) is 4.79 Å². The summed E-state index contributed by atoms with van der Waals surface area (Å²) >= 11 is 1.64. The number of nitrogens with zero attached hydrogens (tertiary/aromatic N) is 1. The second kappa shape index (κ2) is 7.60. The van der Waals surface area contributed by atoms with Crippen molar-refractivity contribution in [1.82, 2.24) is 4.98 Å². The number of rotatable bonds is 5. The topological polar surface area (TPSA) is 51.2 Å². The number of nitrogens with one attached hydrogen (secondary N) is 1. The molecule has 0 aliphatic heterocycles. The van der Waals surface area contributed by atoms with Crippen molar-refractivity contribution in [3.8, 4) is 16.3 Å². The average Bonchev–Trinajstić information content (AvgIpc) is 3.12. The third kappa shape index (κ3) is 3.99. The van der Waals surface area contributed by atoms with Crippen molar-refractivity contribution in [3.05, 3.63) is 78.4 Å². The van der Waals surface area contributed by atoms with Crippen molar-refractivity contribution in [1.29, 1.82) is 0 Å². The molecule has 5 heteroatoms. The van der Waals surface area contributed by atoms with Gasteiger partial charge in [0.1, 0.15) is 10.8 Å². The fourth-order valence-electron chi connectivity index (χ4n) is 2.78.